The van der Waals surface area contributed by atoms with Crippen LogP contribution in [0.4, 0.5) is 5.95 Å². The van der Waals surface area contributed by atoms with E-state index in [9.17, 15) is 9.59 Å². The summed E-state index contributed by atoms with van der Waals surface area (Å²) in [6, 6.07) is 8.77. The summed E-state index contributed by atoms with van der Waals surface area (Å²) in [6.45, 7) is 0. The van der Waals surface area contributed by atoms with Gasteiger partial charge in [-0.15, -0.1) is 0 Å². The Morgan fingerprint density at radius 2 is 1.89 bits per heavy atom. The Morgan fingerprint density at radius 1 is 1.26 bits per heavy atom. The largest absolute Gasteiger partial charge is 0.477 e. The lowest BCUT2D eigenvalue weighted by atomic mass is 10.1. The third-order valence-electron chi connectivity index (χ3n) is 2.59. The SMILES string of the molecule is CN(C)c1nc(-c2ccccc2)c(C(=O)O)c(=O)[nH]1. The topological polar surface area (TPSA) is 86.3 Å². The molecule has 19 heavy (non-hydrogen) atoms. The van der Waals surface area contributed by atoms with Crippen molar-refractivity contribution in [2.45, 2.75) is 0 Å². The average molecular weight is 259 g/mol. The number of carboxylic acid groups (broad SMARTS) is 1. The quantitative estimate of drug-likeness (QED) is 0.865. The molecule has 98 valence electrons. The number of hydrogen-bond acceptors (Lipinski definition) is 4. The van der Waals surface area contributed by atoms with Gasteiger partial charge in [0.05, 0.1) is 5.69 Å². The van der Waals surface area contributed by atoms with E-state index in [0.29, 0.717) is 11.5 Å². The Kier molecular flexibility index (Phi) is 3.33. The minimum atomic E-state index is -1.29. The van der Waals surface area contributed by atoms with Crippen molar-refractivity contribution in [2.75, 3.05) is 19.0 Å². The van der Waals surface area contributed by atoms with E-state index in [1.807, 2.05) is 6.07 Å². The second-order valence-electron chi connectivity index (χ2n) is 4.18. The molecule has 0 bridgehead atoms. The van der Waals surface area contributed by atoms with Crippen LogP contribution in [0.3, 0.4) is 0 Å². The maximum Gasteiger partial charge on any atom is 0.343 e. The molecule has 2 rings (SSSR count). The standard InChI is InChI=1S/C13H13N3O3/c1-16(2)13-14-10(8-6-4-3-5-7-8)9(12(18)19)11(17)15-13/h3-7H,1-2H3,(H,18,19)(H,14,15,17). The first-order valence-corrected chi connectivity index (χ1v) is 5.61. The molecule has 0 spiro atoms. The lowest BCUT2D eigenvalue weighted by molar-refractivity contribution is 0.0695. The maximum absolute atomic E-state index is 11.9. The number of benzene rings is 1. The third kappa shape index (κ3) is 2.47. The molecule has 0 saturated carbocycles. The van der Waals surface area contributed by atoms with Crippen molar-refractivity contribution in [1.29, 1.82) is 0 Å². The zero-order valence-corrected chi connectivity index (χ0v) is 10.5. The van der Waals surface area contributed by atoms with Crippen molar-refractivity contribution in [1.82, 2.24) is 9.97 Å². The summed E-state index contributed by atoms with van der Waals surface area (Å²) in [5.74, 6) is -0.980. The third-order valence-corrected chi connectivity index (χ3v) is 2.59. The van der Waals surface area contributed by atoms with E-state index in [1.54, 1.807) is 43.3 Å². The molecule has 6 nitrogen and oxygen atoms in total. The van der Waals surface area contributed by atoms with Crippen molar-refractivity contribution in [2.24, 2.45) is 0 Å². The molecule has 0 saturated heterocycles. The molecule has 2 N–H and O–H groups in total. The second kappa shape index (κ2) is 4.93. The normalized spacial score (nSPS) is 10.2. The van der Waals surface area contributed by atoms with Gasteiger partial charge in [-0.25, -0.2) is 9.78 Å². The maximum atomic E-state index is 11.9. The molecule has 2 aromatic rings. The molecule has 0 aliphatic carbocycles. The molecule has 0 radical (unpaired) electrons. The molecule has 0 unspecified atom stereocenters. The van der Waals surface area contributed by atoms with Crippen molar-refractivity contribution in [3.05, 3.63) is 46.2 Å². The lowest BCUT2D eigenvalue weighted by Gasteiger charge is -2.13. The summed E-state index contributed by atoms with van der Waals surface area (Å²) in [7, 11) is 3.43. The first-order valence-electron chi connectivity index (χ1n) is 5.61. The number of H-pyrrole nitrogens is 1. The summed E-state index contributed by atoms with van der Waals surface area (Å²) in [6.07, 6.45) is 0. The van der Waals surface area contributed by atoms with Crippen LogP contribution in [0.2, 0.25) is 0 Å². The number of carbonyl (C=O) groups is 1. The molecule has 1 heterocycles. The fourth-order valence-corrected chi connectivity index (χ4v) is 1.68. The predicted molar refractivity (Wildman–Crippen MR) is 71.6 cm³/mol. The monoisotopic (exact) mass is 259 g/mol. The summed E-state index contributed by atoms with van der Waals surface area (Å²) < 4.78 is 0. The smallest absolute Gasteiger partial charge is 0.343 e. The zero-order valence-electron chi connectivity index (χ0n) is 10.5. The van der Waals surface area contributed by atoms with Gasteiger partial charge in [-0.3, -0.25) is 9.78 Å². The summed E-state index contributed by atoms with van der Waals surface area (Å²) >= 11 is 0. The number of carboxylic acids is 1. The number of aromatic carboxylic acids is 1. The second-order valence-corrected chi connectivity index (χ2v) is 4.18. The Morgan fingerprint density at radius 3 is 2.42 bits per heavy atom. The first-order chi connectivity index (χ1) is 9.00. The van der Waals surface area contributed by atoms with Crippen LogP contribution in [0.1, 0.15) is 10.4 Å². The van der Waals surface area contributed by atoms with Crippen LogP contribution in [0.15, 0.2) is 35.1 Å². The number of hydrogen-bond donors (Lipinski definition) is 2. The minimum absolute atomic E-state index is 0.167. The molecule has 6 heteroatoms. The number of nitrogens with zero attached hydrogens (tertiary/aromatic N) is 2. The zero-order chi connectivity index (χ0) is 14.0. The van der Waals surface area contributed by atoms with E-state index in [2.05, 4.69) is 9.97 Å². The molecule has 0 amide bonds. The van der Waals surface area contributed by atoms with Gasteiger partial charge in [0, 0.05) is 19.7 Å². The van der Waals surface area contributed by atoms with Crippen molar-refractivity contribution >= 4 is 11.9 Å². The molecule has 0 aliphatic heterocycles. The number of aromatic nitrogens is 2. The van der Waals surface area contributed by atoms with Crippen LogP contribution < -0.4 is 10.5 Å². The number of nitrogens with one attached hydrogen (secondary N) is 1. The van der Waals surface area contributed by atoms with Gasteiger partial charge >= 0.3 is 5.97 Å². The Labute approximate surface area is 109 Å². The van der Waals surface area contributed by atoms with Gasteiger partial charge in [0.2, 0.25) is 5.95 Å². The number of aromatic amines is 1. The highest BCUT2D eigenvalue weighted by Gasteiger charge is 2.19. The van der Waals surface area contributed by atoms with Gasteiger partial charge in [-0.2, -0.15) is 0 Å². The minimum Gasteiger partial charge on any atom is -0.477 e. The Balaban J connectivity index is 2.76. The summed E-state index contributed by atoms with van der Waals surface area (Å²) in [5.41, 5.74) is -0.253. The highest BCUT2D eigenvalue weighted by molar-refractivity contribution is 5.94. The molecule has 1 aromatic carbocycles. The summed E-state index contributed by atoms with van der Waals surface area (Å²) in [5, 5.41) is 9.16. The van der Waals surface area contributed by atoms with Crippen molar-refractivity contribution < 1.29 is 9.90 Å². The Hall–Kier alpha value is -2.63. The van der Waals surface area contributed by atoms with Crippen molar-refractivity contribution in [3.8, 4) is 11.3 Å². The van der Waals surface area contributed by atoms with E-state index >= 15 is 0 Å². The highest BCUT2D eigenvalue weighted by Crippen LogP contribution is 2.20. The predicted octanol–water partition coefficient (Wildman–Crippen LogP) is 1.20. The molecular weight excluding hydrogens is 246 g/mol. The van der Waals surface area contributed by atoms with E-state index in [0.717, 1.165) is 0 Å². The number of rotatable bonds is 3. The van der Waals surface area contributed by atoms with E-state index in [-0.39, 0.29) is 11.3 Å². The summed E-state index contributed by atoms with van der Waals surface area (Å²) in [4.78, 5) is 31.4. The van der Waals surface area contributed by atoms with Crippen LogP contribution in [0.5, 0.6) is 0 Å². The average Bonchev–Trinajstić information content (AvgIpc) is 2.38. The van der Waals surface area contributed by atoms with Crippen molar-refractivity contribution in [3.63, 3.8) is 0 Å². The molecular formula is C13H13N3O3. The van der Waals surface area contributed by atoms with Gasteiger partial charge in [0.25, 0.3) is 5.56 Å². The van der Waals surface area contributed by atoms with Gasteiger partial charge in [0.1, 0.15) is 0 Å². The molecule has 1 aromatic heterocycles. The fraction of sp³-hybridized carbons (Fsp3) is 0.154. The lowest BCUT2D eigenvalue weighted by Crippen LogP contribution is -2.25. The van der Waals surface area contributed by atoms with Crippen LogP contribution in [0, 0.1) is 0 Å². The molecule has 0 fully saturated rings. The fourth-order valence-electron chi connectivity index (χ4n) is 1.68. The Bertz CT molecular complexity index is 663. The molecule has 0 aliphatic rings. The van der Waals surface area contributed by atoms with Crippen LogP contribution in [0.25, 0.3) is 11.3 Å². The van der Waals surface area contributed by atoms with Gasteiger partial charge < -0.3 is 10.0 Å². The van der Waals surface area contributed by atoms with E-state index in [1.165, 1.54) is 0 Å². The molecule has 0 atom stereocenters. The highest BCUT2D eigenvalue weighted by atomic mass is 16.4. The van der Waals surface area contributed by atoms with Gasteiger partial charge in [-0.1, -0.05) is 30.3 Å². The van der Waals surface area contributed by atoms with Crippen LogP contribution in [-0.2, 0) is 0 Å². The number of anilines is 1. The van der Waals surface area contributed by atoms with Gasteiger partial charge in [0.15, 0.2) is 5.56 Å². The first kappa shape index (κ1) is 12.8. The van der Waals surface area contributed by atoms with E-state index in [4.69, 9.17) is 5.11 Å². The van der Waals surface area contributed by atoms with E-state index < -0.39 is 11.5 Å². The van der Waals surface area contributed by atoms with Crippen LogP contribution in [-0.4, -0.2) is 35.1 Å². The van der Waals surface area contributed by atoms with Gasteiger partial charge in [-0.05, 0) is 0 Å². The van der Waals surface area contributed by atoms with Crippen LogP contribution >= 0.6 is 0 Å².